The number of nitrogens with zero attached hydrogens (tertiary/aromatic N) is 1. The van der Waals surface area contributed by atoms with Gasteiger partial charge in [0.25, 0.3) is 0 Å². The van der Waals surface area contributed by atoms with Crippen LogP contribution in [0.25, 0.3) is 0 Å². The summed E-state index contributed by atoms with van der Waals surface area (Å²) in [6.45, 7) is 2.18. The van der Waals surface area contributed by atoms with Gasteiger partial charge in [-0.25, -0.2) is 4.98 Å². The van der Waals surface area contributed by atoms with Crippen molar-refractivity contribution in [2.45, 2.75) is 18.9 Å². The molecule has 1 aliphatic rings. The number of hydrogen-bond acceptors (Lipinski definition) is 5. The van der Waals surface area contributed by atoms with Gasteiger partial charge in [0.1, 0.15) is 22.4 Å². The maximum Gasteiger partial charge on any atom is 0.138 e. The zero-order valence-corrected chi connectivity index (χ0v) is 10.7. The molecule has 0 aliphatic carbocycles. The Labute approximate surface area is 106 Å². The fraction of sp³-hybridized carbons (Fsp3) is 0.636. The SMILES string of the molecule is COCCNc1cc(=S)nc(C2CCCO2)[nH]1. The Morgan fingerprint density at radius 1 is 1.71 bits per heavy atom. The Hall–Kier alpha value is -0.980. The van der Waals surface area contributed by atoms with E-state index in [1.165, 1.54) is 0 Å². The van der Waals surface area contributed by atoms with Crippen LogP contribution in [-0.4, -0.2) is 36.8 Å². The molecule has 0 spiro atoms. The van der Waals surface area contributed by atoms with Crippen LogP contribution >= 0.6 is 12.2 Å². The average Bonchev–Trinajstić information content (AvgIpc) is 2.82. The van der Waals surface area contributed by atoms with E-state index < -0.39 is 0 Å². The first-order valence-electron chi connectivity index (χ1n) is 5.75. The van der Waals surface area contributed by atoms with E-state index in [-0.39, 0.29) is 6.10 Å². The van der Waals surface area contributed by atoms with Crippen molar-refractivity contribution in [3.63, 3.8) is 0 Å². The first kappa shape index (κ1) is 12.5. The molecule has 0 radical (unpaired) electrons. The van der Waals surface area contributed by atoms with Gasteiger partial charge >= 0.3 is 0 Å². The Morgan fingerprint density at radius 3 is 3.29 bits per heavy atom. The second kappa shape index (κ2) is 6.09. The Morgan fingerprint density at radius 2 is 2.59 bits per heavy atom. The molecule has 2 heterocycles. The van der Waals surface area contributed by atoms with E-state index in [1.54, 1.807) is 7.11 Å². The molecular formula is C11H17N3O2S. The molecule has 1 unspecified atom stereocenters. The summed E-state index contributed by atoms with van der Waals surface area (Å²) in [4.78, 5) is 7.52. The van der Waals surface area contributed by atoms with E-state index in [9.17, 15) is 0 Å². The van der Waals surface area contributed by atoms with Gasteiger partial charge in [-0.1, -0.05) is 12.2 Å². The molecule has 0 bridgehead atoms. The minimum absolute atomic E-state index is 0.0564. The average molecular weight is 255 g/mol. The molecule has 1 aromatic heterocycles. The van der Waals surface area contributed by atoms with Crippen LogP contribution in [0.3, 0.4) is 0 Å². The number of methoxy groups -OCH3 is 1. The summed E-state index contributed by atoms with van der Waals surface area (Å²) >= 11 is 5.14. The molecule has 2 rings (SSSR count). The molecule has 1 atom stereocenters. The highest BCUT2D eigenvalue weighted by molar-refractivity contribution is 7.71. The maximum atomic E-state index is 5.58. The lowest BCUT2D eigenvalue weighted by atomic mass is 10.2. The van der Waals surface area contributed by atoms with E-state index in [0.29, 0.717) is 11.2 Å². The third-order valence-corrected chi connectivity index (χ3v) is 2.83. The standard InChI is InChI=1S/C11H17N3O2S/c1-15-6-4-12-9-7-10(17)14-11(13-9)8-3-2-5-16-8/h7-8H,2-6H2,1H3,(H2,12,13,14,17). The van der Waals surface area contributed by atoms with Gasteiger partial charge in [0.2, 0.25) is 0 Å². The molecule has 0 aromatic carbocycles. The molecule has 1 aromatic rings. The van der Waals surface area contributed by atoms with Crippen LogP contribution in [0.15, 0.2) is 6.07 Å². The minimum atomic E-state index is 0.0564. The van der Waals surface area contributed by atoms with E-state index in [2.05, 4.69) is 15.3 Å². The van der Waals surface area contributed by atoms with Crippen LogP contribution in [0, 0.1) is 4.64 Å². The lowest BCUT2D eigenvalue weighted by Crippen LogP contribution is -2.11. The number of nitrogens with one attached hydrogen (secondary N) is 2. The molecular weight excluding hydrogens is 238 g/mol. The lowest BCUT2D eigenvalue weighted by Gasteiger charge is -2.12. The largest absolute Gasteiger partial charge is 0.383 e. The normalized spacial score (nSPS) is 19.5. The maximum absolute atomic E-state index is 5.58. The summed E-state index contributed by atoms with van der Waals surface area (Å²) in [6, 6.07) is 1.81. The van der Waals surface area contributed by atoms with Crippen molar-refractivity contribution in [1.29, 1.82) is 0 Å². The van der Waals surface area contributed by atoms with Crippen LogP contribution in [-0.2, 0) is 9.47 Å². The summed E-state index contributed by atoms with van der Waals surface area (Å²) in [5.74, 6) is 1.68. The number of aromatic amines is 1. The summed E-state index contributed by atoms with van der Waals surface area (Å²) < 4.78 is 11.1. The van der Waals surface area contributed by atoms with Crippen molar-refractivity contribution < 1.29 is 9.47 Å². The number of anilines is 1. The van der Waals surface area contributed by atoms with Gasteiger partial charge < -0.3 is 19.8 Å². The number of hydrogen-bond donors (Lipinski definition) is 2. The molecule has 2 N–H and O–H groups in total. The van der Waals surface area contributed by atoms with E-state index in [1.807, 2.05) is 6.07 Å². The number of aromatic nitrogens is 2. The smallest absolute Gasteiger partial charge is 0.138 e. The topological polar surface area (TPSA) is 59.2 Å². The van der Waals surface area contributed by atoms with Gasteiger partial charge in [-0.05, 0) is 12.8 Å². The van der Waals surface area contributed by atoms with Crippen molar-refractivity contribution in [2.24, 2.45) is 0 Å². The summed E-state index contributed by atoms with van der Waals surface area (Å²) in [7, 11) is 1.67. The Balaban J connectivity index is 2.08. The monoisotopic (exact) mass is 255 g/mol. The van der Waals surface area contributed by atoms with Crippen molar-refractivity contribution >= 4 is 18.0 Å². The van der Waals surface area contributed by atoms with Crippen molar-refractivity contribution in [1.82, 2.24) is 9.97 Å². The number of H-pyrrole nitrogens is 1. The summed E-state index contributed by atoms with van der Waals surface area (Å²) in [5, 5.41) is 3.21. The molecule has 0 amide bonds. The molecule has 0 saturated carbocycles. The Bertz CT molecular complexity index is 415. The molecule has 1 saturated heterocycles. The van der Waals surface area contributed by atoms with Gasteiger partial charge in [0.05, 0.1) is 6.61 Å². The molecule has 1 aliphatic heterocycles. The third kappa shape index (κ3) is 3.49. The van der Waals surface area contributed by atoms with E-state index >= 15 is 0 Å². The highest BCUT2D eigenvalue weighted by Crippen LogP contribution is 2.26. The van der Waals surface area contributed by atoms with Gasteiger partial charge in [-0.15, -0.1) is 0 Å². The van der Waals surface area contributed by atoms with Crippen molar-refractivity contribution in [3.05, 3.63) is 16.5 Å². The first-order valence-corrected chi connectivity index (χ1v) is 6.16. The number of rotatable bonds is 5. The number of ether oxygens (including phenoxy) is 2. The van der Waals surface area contributed by atoms with Crippen LogP contribution in [0.1, 0.15) is 24.8 Å². The highest BCUT2D eigenvalue weighted by atomic mass is 32.1. The third-order valence-electron chi connectivity index (χ3n) is 2.62. The summed E-state index contributed by atoms with van der Waals surface area (Å²) in [5.41, 5.74) is 0. The zero-order chi connectivity index (χ0) is 12.1. The minimum Gasteiger partial charge on any atom is -0.383 e. The second-order valence-corrected chi connectivity index (χ2v) is 4.36. The molecule has 1 fully saturated rings. The van der Waals surface area contributed by atoms with Crippen LogP contribution in [0.5, 0.6) is 0 Å². The van der Waals surface area contributed by atoms with Crippen LogP contribution in [0.4, 0.5) is 5.82 Å². The van der Waals surface area contributed by atoms with E-state index in [0.717, 1.165) is 37.6 Å². The fourth-order valence-electron chi connectivity index (χ4n) is 1.81. The molecule has 5 nitrogen and oxygen atoms in total. The fourth-order valence-corrected chi connectivity index (χ4v) is 2.02. The van der Waals surface area contributed by atoms with Crippen LogP contribution in [0.2, 0.25) is 0 Å². The van der Waals surface area contributed by atoms with Crippen molar-refractivity contribution in [3.8, 4) is 0 Å². The van der Waals surface area contributed by atoms with Crippen LogP contribution < -0.4 is 5.32 Å². The van der Waals surface area contributed by atoms with Crippen molar-refractivity contribution in [2.75, 3.05) is 32.2 Å². The lowest BCUT2D eigenvalue weighted by molar-refractivity contribution is 0.105. The highest BCUT2D eigenvalue weighted by Gasteiger charge is 2.19. The first-order chi connectivity index (χ1) is 8.29. The molecule has 94 valence electrons. The van der Waals surface area contributed by atoms with Gasteiger partial charge in [-0.3, -0.25) is 0 Å². The molecule has 6 heteroatoms. The molecule has 17 heavy (non-hydrogen) atoms. The summed E-state index contributed by atoms with van der Waals surface area (Å²) in [6.07, 6.45) is 2.13. The predicted octanol–water partition coefficient (Wildman–Crippen LogP) is 2.05. The zero-order valence-electron chi connectivity index (χ0n) is 9.86. The quantitative estimate of drug-likeness (QED) is 0.623. The predicted molar refractivity (Wildman–Crippen MR) is 67.7 cm³/mol. The van der Waals surface area contributed by atoms with Gasteiger partial charge in [0.15, 0.2) is 0 Å². The Kier molecular flexibility index (Phi) is 4.47. The second-order valence-electron chi connectivity index (χ2n) is 3.94. The van der Waals surface area contributed by atoms with E-state index in [4.69, 9.17) is 21.7 Å². The van der Waals surface area contributed by atoms with Gasteiger partial charge in [-0.2, -0.15) is 0 Å². The van der Waals surface area contributed by atoms with Gasteiger partial charge in [0, 0.05) is 26.3 Å².